The summed E-state index contributed by atoms with van der Waals surface area (Å²) in [6, 6.07) is 1.31. The molecular formula is C7H4F3NO2. The molecule has 0 fully saturated rings. The van der Waals surface area contributed by atoms with Gasteiger partial charge in [0.1, 0.15) is 0 Å². The SMILES string of the molecule is O=C(NO)c1ccc(F)c(F)c1F. The van der Waals surface area contributed by atoms with E-state index in [0.717, 1.165) is 11.5 Å². The second-order valence-electron chi connectivity index (χ2n) is 2.16. The van der Waals surface area contributed by atoms with Gasteiger partial charge < -0.3 is 0 Å². The zero-order valence-corrected chi connectivity index (χ0v) is 6.14. The third kappa shape index (κ3) is 1.62. The van der Waals surface area contributed by atoms with Crippen LogP contribution in [0.1, 0.15) is 10.4 Å². The quantitative estimate of drug-likeness (QED) is 0.398. The summed E-state index contributed by atoms with van der Waals surface area (Å²) in [5.74, 6) is -6.02. The molecule has 0 heterocycles. The number of halogens is 3. The molecule has 0 spiro atoms. The molecule has 0 atom stereocenters. The van der Waals surface area contributed by atoms with Gasteiger partial charge in [0.15, 0.2) is 17.5 Å². The number of hydroxylamine groups is 1. The van der Waals surface area contributed by atoms with E-state index in [1.807, 2.05) is 0 Å². The summed E-state index contributed by atoms with van der Waals surface area (Å²) in [7, 11) is 0. The summed E-state index contributed by atoms with van der Waals surface area (Å²) >= 11 is 0. The van der Waals surface area contributed by atoms with Crippen molar-refractivity contribution in [1.82, 2.24) is 5.48 Å². The van der Waals surface area contributed by atoms with Crippen molar-refractivity contribution in [2.75, 3.05) is 0 Å². The number of amides is 1. The molecule has 0 aliphatic carbocycles. The summed E-state index contributed by atoms with van der Waals surface area (Å²) in [5.41, 5.74) is 0.338. The van der Waals surface area contributed by atoms with Crippen molar-refractivity contribution in [2.24, 2.45) is 0 Å². The molecule has 0 aromatic heterocycles. The van der Waals surface area contributed by atoms with Gasteiger partial charge in [-0.2, -0.15) is 0 Å². The first-order chi connectivity index (χ1) is 6.07. The standard InChI is InChI=1S/C7H4F3NO2/c8-4-2-1-3(7(12)11-13)5(9)6(4)10/h1-2,13H,(H,11,12). The highest BCUT2D eigenvalue weighted by Gasteiger charge is 2.17. The highest BCUT2D eigenvalue weighted by atomic mass is 19.2. The normalized spacial score (nSPS) is 9.85. The summed E-state index contributed by atoms with van der Waals surface area (Å²) in [6.07, 6.45) is 0. The highest BCUT2D eigenvalue weighted by molar-refractivity contribution is 5.93. The fraction of sp³-hybridized carbons (Fsp3) is 0. The van der Waals surface area contributed by atoms with Gasteiger partial charge in [-0.25, -0.2) is 18.7 Å². The van der Waals surface area contributed by atoms with Gasteiger partial charge in [0.25, 0.3) is 5.91 Å². The topological polar surface area (TPSA) is 49.3 Å². The van der Waals surface area contributed by atoms with Crippen LogP contribution in [-0.4, -0.2) is 11.1 Å². The zero-order valence-electron chi connectivity index (χ0n) is 6.14. The number of hydrogen-bond acceptors (Lipinski definition) is 2. The Morgan fingerprint density at radius 3 is 2.38 bits per heavy atom. The molecule has 6 heteroatoms. The molecule has 0 radical (unpaired) electrons. The van der Waals surface area contributed by atoms with E-state index in [-0.39, 0.29) is 0 Å². The summed E-state index contributed by atoms with van der Waals surface area (Å²) < 4.78 is 37.5. The van der Waals surface area contributed by atoms with Gasteiger partial charge in [-0.3, -0.25) is 10.0 Å². The fourth-order valence-electron chi connectivity index (χ4n) is 0.761. The van der Waals surface area contributed by atoms with Gasteiger partial charge >= 0.3 is 0 Å². The van der Waals surface area contributed by atoms with E-state index < -0.39 is 28.9 Å². The van der Waals surface area contributed by atoms with Crippen LogP contribution in [0.4, 0.5) is 13.2 Å². The number of carbonyl (C=O) groups excluding carboxylic acids is 1. The van der Waals surface area contributed by atoms with E-state index in [1.54, 1.807) is 0 Å². The lowest BCUT2D eigenvalue weighted by atomic mass is 10.2. The maximum absolute atomic E-state index is 12.7. The van der Waals surface area contributed by atoms with Crippen LogP contribution >= 0.6 is 0 Å². The second kappa shape index (κ2) is 3.44. The van der Waals surface area contributed by atoms with Crippen molar-refractivity contribution in [3.63, 3.8) is 0 Å². The number of benzene rings is 1. The van der Waals surface area contributed by atoms with Crippen LogP contribution in [0.2, 0.25) is 0 Å². The summed E-state index contributed by atoms with van der Waals surface area (Å²) in [6.45, 7) is 0. The summed E-state index contributed by atoms with van der Waals surface area (Å²) in [5, 5.41) is 8.09. The molecule has 0 bridgehead atoms. The van der Waals surface area contributed by atoms with Crippen LogP contribution in [0, 0.1) is 17.5 Å². The lowest BCUT2D eigenvalue weighted by Crippen LogP contribution is -2.20. The van der Waals surface area contributed by atoms with Gasteiger partial charge in [-0.15, -0.1) is 0 Å². The molecule has 0 aliphatic heterocycles. The molecule has 0 aliphatic rings. The minimum absolute atomic E-state index is 0.586. The average Bonchev–Trinajstić information content (AvgIpc) is 2.13. The highest BCUT2D eigenvalue weighted by Crippen LogP contribution is 2.14. The predicted octanol–water partition coefficient (Wildman–Crippen LogP) is 1.22. The molecule has 1 aromatic rings. The van der Waals surface area contributed by atoms with Gasteiger partial charge in [0.2, 0.25) is 0 Å². The first-order valence-corrected chi connectivity index (χ1v) is 3.16. The Labute approximate surface area is 70.8 Å². The molecule has 0 saturated heterocycles. The monoisotopic (exact) mass is 191 g/mol. The van der Waals surface area contributed by atoms with Gasteiger partial charge in [0.05, 0.1) is 5.56 Å². The van der Waals surface area contributed by atoms with Crippen molar-refractivity contribution < 1.29 is 23.2 Å². The van der Waals surface area contributed by atoms with E-state index in [1.165, 1.54) is 0 Å². The molecule has 13 heavy (non-hydrogen) atoms. The maximum Gasteiger partial charge on any atom is 0.277 e. The van der Waals surface area contributed by atoms with E-state index in [9.17, 15) is 18.0 Å². The molecule has 1 amide bonds. The summed E-state index contributed by atoms with van der Waals surface area (Å²) in [4.78, 5) is 10.6. The van der Waals surface area contributed by atoms with Gasteiger partial charge in [-0.05, 0) is 12.1 Å². The van der Waals surface area contributed by atoms with Crippen molar-refractivity contribution in [3.8, 4) is 0 Å². The molecule has 0 unspecified atom stereocenters. The lowest BCUT2D eigenvalue weighted by Gasteiger charge is -2.01. The van der Waals surface area contributed by atoms with Crippen molar-refractivity contribution in [3.05, 3.63) is 35.1 Å². The van der Waals surface area contributed by atoms with Crippen molar-refractivity contribution in [1.29, 1.82) is 0 Å². The Hall–Kier alpha value is -1.56. The lowest BCUT2D eigenvalue weighted by molar-refractivity contribution is 0.0700. The Morgan fingerprint density at radius 1 is 1.23 bits per heavy atom. The van der Waals surface area contributed by atoms with Crippen molar-refractivity contribution >= 4 is 5.91 Å². The second-order valence-corrected chi connectivity index (χ2v) is 2.16. The van der Waals surface area contributed by atoms with Crippen LogP contribution in [0.25, 0.3) is 0 Å². The Morgan fingerprint density at radius 2 is 1.85 bits per heavy atom. The van der Waals surface area contributed by atoms with Crippen LogP contribution in [-0.2, 0) is 0 Å². The van der Waals surface area contributed by atoms with Crippen LogP contribution in [0.3, 0.4) is 0 Å². The van der Waals surface area contributed by atoms with Crippen LogP contribution in [0.15, 0.2) is 12.1 Å². The van der Waals surface area contributed by atoms with Crippen LogP contribution in [0.5, 0.6) is 0 Å². The first-order valence-electron chi connectivity index (χ1n) is 3.16. The minimum atomic E-state index is -1.75. The first kappa shape index (κ1) is 9.53. The third-order valence-electron chi connectivity index (χ3n) is 1.38. The molecule has 3 nitrogen and oxygen atoms in total. The molecule has 1 aromatic carbocycles. The minimum Gasteiger partial charge on any atom is -0.288 e. The Bertz CT molecular complexity index is 354. The molecule has 0 saturated carbocycles. The van der Waals surface area contributed by atoms with E-state index in [4.69, 9.17) is 5.21 Å². The Balaban J connectivity index is 3.26. The van der Waals surface area contributed by atoms with Crippen LogP contribution < -0.4 is 5.48 Å². The Kier molecular flexibility index (Phi) is 2.52. The fourth-order valence-corrected chi connectivity index (χ4v) is 0.761. The van der Waals surface area contributed by atoms with E-state index in [2.05, 4.69) is 0 Å². The number of nitrogens with one attached hydrogen (secondary N) is 1. The van der Waals surface area contributed by atoms with E-state index >= 15 is 0 Å². The average molecular weight is 191 g/mol. The molecular weight excluding hydrogens is 187 g/mol. The number of rotatable bonds is 1. The predicted molar refractivity (Wildman–Crippen MR) is 35.6 cm³/mol. The number of carbonyl (C=O) groups is 1. The smallest absolute Gasteiger partial charge is 0.277 e. The van der Waals surface area contributed by atoms with Gasteiger partial charge in [-0.1, -0.05) is 0 Å². The largest absolute Gasteiger partial charge is 0.288 e. The molecule has 70 valence electrons. The zero-order chi connectivity index (χ0) is 10.0. The molecule has 1 rings (SSSR count). The van der Waals surface area contributed by atoms with Crippen molar-refractivity contribution in [2.45, 2.75) is 0 Å². The third-order valence-corrected chi connectivity index (χ3v) is 1.38. The van der Waals surface area contributed by atoms with Gasteiger partial charge in [0, 0.05) is 0 Å². The maximum atomic E-state index is 12.7. The molecule has 2 N–H and O–H groups in total. The number of hydrogen-bond donors (Lipinski definition) is 2. The van der Waals surface area contributed by atoms with E-state index in [0.29, 0.717) is 6.07 Å².